The van der Waals surface area contributed by atoms with Gasteiger partial charge in [-0.25, -0.2) is 0 Å². The number of hydrogen-bond donors (Lipinski definition) is 1. The van der Waals surface area contributed by atoms with E-state index in [0.717, 1.165) is 0 Å². The first-order chi connectivity index (χ1) is 21.3. The second-order valence-corrected chi connectivity index (χ2v) is 11.4. The van der Waals surface area contributed by atoms with Gasteiger partial charge in [0.05, 0.1) is 5.52 Å². The van der Waals surface area contributed by atoms with E-state index in [0.29, 0.717) is 0 Å². The summed E-state index contributed by atoms with van der Waals surface area (Å²) in [6, 6.07) is 57.5. The van der Waals surface area contributed by atoms with Crippen LogP contribution in [0.1, 0.15) is 0 Å². The number of H-pyrrole nitrogens is 1. The van der Waals surface area contributed by atoms with Gasteiger partial charge in [-0.2, -0.15) is 0 Å². The van der Waals surface area contributed by atoms with Crippen molar-refractivity contribution in [1.29, 1.82) is 0 Å². The molecule has 0 aliphatic heterocycles. The highest BCUT2D eigenvalue weighted by atomic mass is 14.7. The van der Waals surface area contributed by atoms with Crippen molar-refractivity contribution in [2.24, 2.45) is 0 Å². The molecule has 43 heavy (non-hydrogen) atoms. The molecule has 1 aromatic heterocycles. The number of rotatable bonds is 3. The number of aromatic amines is 1. The first-order valence-corrected chi connectivity index (χ1v) is 14.9. The molecule has 1 heterocycles. The van der Waals surface area contributed by atoms with Gasteiger partial charge < -0.3 is 4.98 Å². The zero-order valence-electron chi connectivity index (χ0n) is 23.5. The van der Waals surface area contributed by atoms with Crippen molar-refractivity contribution < 1.29 is 0 Å². The molecule has 0 aliphatic rings. The summed E-state index contributed by atoms with van der Waals surface area (Å²) < 4.78 is 0. The van der Waals surface area contributed by atoms with Gasteiger partial charge in [-0.15, -0.1) is 0 Å². The molecule has 200 valence electrons. The molecule has 0 spiro atoms. The molecule has 0 amide bonds. The fourth-order valence-corrected chi connectivity index (χ4v) is 7.01. The number of nitrogens with one attached hydrogen (secondary N) is 1. The molecule has 0 bridgehead atoms. The molecule has 9 rings (SSSR count). The van der Waals surface area contributed by atoms with Crippen LogP contribution in [0.15, 0.2) is 158 Å². The van der Waals surface area contributed by atoms with Crippen molar-refractivity contribution in [3.05, 3.63) is 158 Å². The van der Waals surface area contributed by atoms with Gasteiger partial charge in [-0.3, -0.25) is 0 Å². The Morgan fingerprint density at radius 1 is 0.279 bits per heavy atom. The van der Waals surface area contributed by atoms with Crippen LogP contribution >= 0.6 is 0 Å². The molecule has 8 aromatic carbocycles. The maximum absolute atomic E-state index is 3.71. The highest BCUT2D eigenvalue weighted by molar-refractivity contribution is 6.26. The predicted molar refractivity (Wildman–Crippen MR) is 185 cm³/mol. The summed E-state index contributed by atoms with van der Waals surface area (Å²) in [7, 11) is 0. The molecular weight excluding hydrogens is 518 g/mol. The fraction of sp³-hybridized carbons (Fsp3) is 0. The van der Waals surface area contributed by atoms with Crippen molar-refractivity contribution in [3.8, 4) is 33.4 Å². The van der Waals surface area contributed by atoms with Crippen LogP contribution in [0.25, 0.3) is 87.5 Å². The van der Waals surface area contributed by atoms with Gasteiger partial charge in [0.1, 0.15) is 0 Å². The number of fused-ring (bicyclic) bond motifs is 9. The average molecular weight is 546 g/mol. The summed E-state index contributed by atoms with van der Waals surface area (Å²) in [5, 5.41) is 10.3. The molecule has 1 heteroatoms. The number of hydrogen-bond acceptors (Lipinski definition) is 0. The number of para-hydroxylation sites is 2. The zero-order chi connectivity index (χ0) is 28.3. The van der Waals surface area contributed by atoms with Gasteiger partial charge in [0.25, 0.3) is 0 Å². The van der Waals surface area contributed by atoms with Crippen LogP contribution in [-0.2, 0) is 0 Å². The predicted octanol–water partition coefficient (Wildman–Crippen LogP) is 11.8. The lowest BCUT2D eigenvalue weighted by molar-refractivity contribution is 1.53. The number of aromatic nitrogens is 1. The van der Waals surface area contributed by atoms with E-state index < -0.39 is 0 Å². The summed E-state index contributed by atoms with van der Waals surface area (Å²) in [4.78, 5) is 3.71. The molecule has 0 saturated heterocycles. The summed E-state index contributed by atoms with van der Waals surface area (Å²) in [6.07, 6.45) is 0. The molecule has 1 nitrogen and oxygen atoms in total. The molecule has 0 unspecified atom stereocenters. The van der Waals surface area contributed by atoms with Crippen LogP contribution in [-0.4, -0.2) is 4.98 Å². The third kappa shape index (κ3) is 3.72. The molecular formula is C42H27N. The molecule has 0 fully saturated rings. The number of benzene rings is 8. The van der Waals surface area contributed by atoms with Gasteiger partial charge in [-0.1, -0.05) is 140 Å². The molecule has 9 aromatic rings. The van der Waals surface area contributed by atoms with Gasteiger partial charge in [0.15, 0.2) is 0 Å². The highest BCUT2D eigenvalue weighted by Crippen LogP contribution is 2.42. The Bertz CT molecular complexity index is 2460. The van der Waals surface area contributed by atoms with Crippen LogP contribution in [0.4, 0.5) is 0 Å². The maximum Gasteiger partial charge on any atom is 0.0544 e. The van der Waals surface area contributed by atoms with E-state index in [-0.39, 0.29) is 0 Å². The minimum absolute atomic E-state index is 1.17. The van der Waals surface area contributed by atoms with E-state index in [1.165, 1.54) is 87.5 Å². The van der Waals surface area contributed by atoms with E-state index in [2.05, 4.69) is 163 Å². The van der Waals surface area contributed by atoms with Gasteiger partial charge in [0, 0.05) is 21.9 Å². The molecule has 0 atom stereocenters. The summed E-state index contributed by atoms with van der Waals surface area (Å²) >= 11 is 0. The Labute approximate surface area is 249 Å². The van der Waals surface area contributed by atoms with Gasteiger partial charge in [-0.05, 0) is 78.3 Å². The Kier molecular flexibility index (Phi) is 5.27. The lowest BCUT2D eigenvalue weighted by atomic mass is 9.88. The quantitative estimate of drug-likeness (QED) is 0.213. The lowest BCUT2D eigenvalue weighted by Crippen LogP contribution is -1.90. The average Bonchev–Trinajstić information content (AvgIpc) is 3.47. The van der Waals surface area contributed by atoms with Gasteiger partial charge in [0.2, 0.25) is 0 Å². The molecule has 0 radical (unpaired) electrons. The van der Waals surface area contributed by atoms with Crippen LogP contribution in [0.5, 0.6) is 0 Å². The van der Waals surface area contributed by atoms with E-state index in [4.69, 9.17) is 0 Å². The maximum atomic E-state index is 3.71. The first-order valence-electron chi connectivity index (χ1n) is 14.9. The molecule has 0 aliphatic carbocycles. The fourth-order valence-electron chi connectivity index (χ4n) is 7.01. The van der Waals surface area contributed by atoms with Crippen molar-refractivity contribution in [2.75, 3.05) is 0 Å². The van der Waals surface area contributed by atoms with Crippen molar-refractivity contribution in [1.82, 2.24) is 4.98 Å². The van der Waals surface area contributed by atoms with Crippen molar-refractivity contribution in [3.63, 3.8) is 0 Å². The Morgan fingerprint density at radius 2 is 0.837 bits per heavy atom. The second-order valence-electron chi connectivity index (χ2n) is 11.4. The van der Waals surface area contributed by atoms with Crippen LogP contribution in [0.2, 0.25) is 0 Å². The third-order valence-electron chi connectivity index (χ3n) is 9.01. The van der Waals surface area contributed by atoms with Crippen LogP contribution < -0.4 is 0 Å². The van der Waals surface area contributed by atoms with Crippen molar-refractivity contribution in [2.45, 2.75) is 0 Å². The first kappa shape index (κ1) is 24.0. The standard InChI is InChI=1S/C42H27N/c1-2-11-27(12-3-1)30-23-21-28(31-18-10-19-38-37-17-8-9-20-41(37)43-42(31)38)25-39(30)29-22-24-36-34-15-5-4-13-32(34)33-14-6-7-16-35(33)40(36)26-29/h1-26,43H. The van der Waals surface area contributed by atoms with Crippen LogP contribution in [0.3, 0.4) is 0 Å². The van der Waals surface area contributed by atoms with E-state index in [1.54, 1.807) is 0 Å². The molecule has 1 N–H and O–H groups in total. The smallest absolute Gasteiger partial charge is 0.0544 e. The minimum atomic E-state index is 1.17. The second kappa shape index (κ2) is 9.44. The topological polar surface area (TPSA) is 15.8 Å². The Balaban J connectivity index is 1.33. The highest BCUT2D eigenvalue weighted by Gasteiger charge is 2.15. The zero-order valence-corrected chi connectivity index (χ0v) is 23.5. The summed E-state index contributed by atoms with van der Waals surface area (Å²) in [5.74, 6) is 0. The van der Waals surface area contributed by atoms with Crippen LogP contribution in [0, 0.1) is 0 Å². The van der Waals surface area contributed by atoms with Crippen molar-refractivity contribution >= 4 is 54.1 Å². The van der Waals surface area contributed by atoms with E-state index >= 15 is 0 Å². The third-order valence-corrected chi connectivity index (χ3v) is 9.01. The normalized spacial score (nSPS) is 11.7. The largest absolute Gasteiger partial charge is 0.354 e. The van der Waals surface area contributed by atoms with E-state index in [1.807, 2.05) is 0 Å². The van der Waals surface area contributed by atoms with E-state index in [9.17, 15) is 0 Å². The SMILES string of the molecule is c1ccc(-c2ccc(-c3cccc4c3[nH]c3ccccc34)cc2-c2ccc3c4ccccc4c4ccccc4c3c2)cc1. The molecule has 0 saturated carbocycles. The van der Waals surface area contributed by atoms with Gasteiger partial charge >= 0.3 is 0 Å². The lowest BCUT2D eigenvalue weighted by Gasteiger charge is -2.16. The Morgan fingerprint density at radius 3 is 1.58 bits per heavy atom. The summed E-state index contributed by atoms with van der Waals surface area (Å²) in [6.45, 7) is 0. The minimum Gasteiger partial charge on any atom is -0.354 e. The monoisotopic (exact) mass is 545 g/mol. The summed E-state index contributed by atoms with van der Waals surface area (Å²) in [5.41, 5.74) is 9.67. The Hall–Kier alpha value is -5.66.